The van der Waals surface area contributed by atoms with Crippen LogP contribution in [0.2, 0.25) is 5.02 Å². The summed E-state index contributed by atoms with van der Waals surface area (Å²) in [7, 11) is 0. The number of carbonyl (C=O) groups is 2. The molecule has 0 spiro atoms. The minimum Gasteiger partial charge on any atom is -0.379 e. The van der Waals surface area contributed by atoms with Gasteiger partial charge in [0.2, 0.25) is 11.8 Å². The minimum atomic E-state index is -0.646. The predicted octanol–water partition coefficient (Wildman–Crippen LogP) is 0.618. The number of hydrogen-bond acceptors (Lipinski definition) is 5. The highest BCUT2D eigenvalue weighted by Gasteiger charge is 2.32. The molecule has 28 heavy (non-hydrogen) atoms. The summed E-state index contributed by atoms with van der Waals surface area (Å²) in [4.78, 5) is 28.7. The Kier molecular flexibility index (Phi) is 7.61. The minimum absolute atomic E-state index is 0.0288. The molecule has 2 amide bonds. The van der Waals surface area contributed by atoms with Crippen LogP contribution in [0, 0.1) is 5.82 Å². The van der Waals surface area contributed by atoms with Crippen molar-refractivity contribution in [2.45, 2.75) is 19.0 Å². The number of halogens is 2. The van der Waals surface area contributed by atoms with Crippen molar-refractivity contribution >= 4 is 23.4 Å². The Morgan fingerprint density at radius 2 is 2.11 bits per heavy atom. The van der Waals surface area contributed by atoms with E-state index in [0.717, 1.165) is 19.6 Å². The van der Waals surface area contributed by atoms with Crippen LogP contribution in [0.3, 0.4) is 0 Å². The molecule has 1 unspecified atom stereocenters. The van der Waals surface area contributed by atoms with E-state index in [9.17, 15) is 14.0 Å². The molecular formula is C19H26ClFN4O3. The molecule has 7 nitrogen and oxygen atoms in total. The van der Waals surface area contributed by atoms with Gasteiger partial charge >= 0.3 is 0 Å². The number of rotatable bonds is 7. The fraction of sp³-hybridized carbons (Fsp3) is 0.579. The zero-order valence-corrected chi connectivity index (χ0v) is 16.5. The molecule has 0 radical (unpaired) electrons. The maximum absolute atomic E-state index is 14.1. The Balaban J connectivity index is 1.54. The van der Waals surface area contributed by atoms with Crippen LogP contribution < -0.4 is 10.6 Å². The lowest BCUT2D eigenvalue weighted by Crippen LogP contribution is -2.56. The average molecular weight is 413 g/mol. The Morgan fingerprint density at radius 3 is 2.86 bits per heavy atom. The molecule has 0 bridgehead atoms. The van der Waals surface area contributed by atoms with Crippen molar-refractivity contribution in [1.29, 1.82) is 0 Å². The number of nitrogens with zero attached hydrogens (tertiary/aromatic N) is 2. The summed E-state index contributed by atoms with van der Waals surface area (Å²) >= 11 is 6.12. The third kappa shape index (κ3) is 5.64. The largest absolute Gasteiger partial charge is 0.379 e. The van der Waals surface area contributed by atoms with Crippen LogP contribution >= 0.6 is 11.6 Å². The maximum atomic E-state index is 14.1. The first-order valence-corrected chi connectivity index (χ1v) is 9.94. The van der Waals surface area contributed by atoms with Crippen molar-refractivity contribution in [1.82, 2.24) is 20.4 Å². The molecule has 1 atom stereocenters. The molecule has 2 heterocycles. The molecule has 2 fully saturated rings. The van der Waals surface area contributed by atoms with Gasteiger partial charge in [-0.1, -0.05) is 17.7 Å². The van der Waals surface area contributed by atoms with Crippen molar-refractivity contribution in [3.8, 4) is 0 Å². The molecular weight excluding hydrogens is 387 g/mol. The van der Waals surface area contributed by atoms with E-state index in [0.29, 0.717) is 43.4 Å². The molecule has 0 aromatic heterocycles. The monoisotopic (exact) mass is 412 g/mol. The smallest absolute Gasteiger partial charge is 0.237 e. The summed E-state index contributed by atoms with van der Waals surface area (Å²) in [5.74, 6) is -0.825. The molecule has 154 valence electrons. The van der Waals surface area contributed by atoms with E-state index in [4.69, 9.17) is 16.3 Å². The van der Waals surface area contributed by atoms with E-state index < -0.39 is 11.9 Å². The zero-order valence-electron chi connectivity index (χ0n) is 15.8. The van der Waals surface area contributed by atoms with Crippen molar-refractivity contribution in [3.63, 3.8) is 0 Å². The van der Waals surface area contributed by atoms with Crippen LogP contribution in [-0.4, -0.2) is 80.1 Å². The van der Waals surface area contributed by atoms with Crippen LogP contribution in [0.1, 0.15) is 12.0 Å². The van der Waals surface area contributed by atoms with Crippen molar-refractivity contribution in [2.24, 2.45) is 0 Å². The molecule has 0 aliphatic carbocycles. The summed E-state index contributed by atoms with van der Waals surface area (Å²) in [5.41, 5.74) is 0.344. The van der Waals surface area contributed by atoms with Crippen LogP contribution in [0.5, 0.6) is 0 Å². The molecule has 2 aliphatic heterocycles. The zero-order chi connectivity index (χ0) is 19.9. The number of carbonyl (C=O) groups excluding carboxylic acids is 2. The van der Waals surface area contributed by atoms with Gasteiger partial charge in [-0.15, -0.1) is 0 Å². The van der Waals surface area contributed by atoms with Crippen LogP contribution in [-0.2, 0) is 20.9 Å². The lowest BCUT2D eigenvalue weighted by molar-refractivity contribution is -0.134. The normalized spacial score (nSPS) is 21.4. The first kappa shape index (κ1) is 21.0. The molecule has 9 heteroatoms. The van der Waals surface area contributed by atoms with Crippen LogP contribution in [0.4, 0.5) is 4.39 Å². The molecule has 0 saturated carbocycles. The molecule has 2 saturated heterocycles. The predicted molar refractivity (Wildman–Crippen MR) is 104 cm³/mol. The second-order valence-electron chi connectivity index (χ2n) is 6.99. The van der Waals surface area contributed by atoms with Gasteiger partial charge in [-0.3, -0.25) is 19.4 Å². The van der Waals surface area contributed by atoms with Crippen molar-refractivity contribution in [2.75, 3.05) is 52.5 Å². The second-order valence-corrected chi connectivity index (χ2v) is 7.39. The highest BCUT2D eigenvalue weighted by atomic mass is 35.5. The fourth-order valence-corrected chi connectivity index (χ4v) is 3.71. The summed E-state index contributed by atoms with van der Waals surface area (Å²) in [5, 5.41) is 5.98. The van der Waals surface area contributed by atoms with Gasteiger partial charge in [0, 0.05) is 56.4 Å². The molecule has 1 aromatic rings. The topological polar surface area (TPSA) is 73.9 Å². The van der Waals surface area contributed by atoms with E-state index in [1.54, 1.807) is 12.1 Å². The van der Waals surface area contributed by atoms with E-state index in [1.165, 1.54) is 6.07 Å². The SMILES string of the molecule is O=C(CC1C(=O)NCCN1Cc1c(F)cccc1Cl)NCCN1CCOCC1. The number of nitrogens with one attached hydrogen (secondary N) is 2. The number of benzene rings is 1. The Labute approximate surface area is 169 Å². The molecule has 2 N–H and O–H groups in total. The van der Waals surface area contributed by atoms with Crippen molar-refractivity contribution < 1.29 is 18.7 Å². The third-order valence-corrected chi connectivity index (χ3v) is 5.45. The summed E-state index contributed by atoms with van der Waals surface area (Å²) < 4.78 is 19.4. The van der Waals surface area contributed by atoms with Gasteiger partial charge in [0.15, 0.2) is 0 Å². The number of piperazine rings is 1. The molecule has 1 aromatic carbocycles. The van der Waals surface area contributed by atoms with E-state index >= 15 is 0 Å². The number of amides is 2. The molecule has 2 aliphatic rings. The van der Waals surface area contributed by atoms with Gasteiger partial charge in [-0.25, -0.2) is 4.39 Å². The maximum Gasteiger partial charge on any atom is 0.237 e. The van der Waals surface area contributed by atoms with Crippen LogP contribution in [0.25, 0.3) is 0 Å². The van der Waals surface area contributed by atoms with Gasteiger partial charge in [0.1, 0.15) is 5.82 Å². The molecule has 3 rings (SSSR count). The van der Waals surface area contributed by atoms with Gasteiger partial charge in [0.05, 0.1) is 25.7 Å². The number of hydrogen-bond donors (Lipinski definition) is 2. The van der Waals surface area contributed by atoms with Gasteiger partial charge in [-0.2, -0.15) is 0 Å². The van der Waals surface area contributed by atoms with E-state index in [-0.39, 0.29) is 24.8 Å². The van der Waals surface area contributed by atoms with E-state index in [2.05, 4.69) is 15.5 Å². The Bertz CT molecular complexity index is 680. The third-order valence-electron chi connectivity index (χ3n) is 5.10. The fourth-order valence-electron chi connectivity index (χ4n) is 3.49. The Hall–Kier alpha value is -1.74. The summed E-state index contributed by atoms with van der Waals surface area (Å²) in [6, 6.07) is 3.87. The lowest BCUT2D eigenvalue weighted by Gasteiger charge is -2.35. The Morgan fingerprint density at radius 1 is 1.32 bits per heavy atom. The van der Waals surface area contributed by atoms with Crippen LogP contribution in [0.15, 0.2) is 18.2 Å². The van der Waals surface area contributed by atoms with Crippen molar-refractivity contribution in [3.05, 3.63) is 34.6 Å². The van der Waals surface area contributed by atoms with Gasteiger partial charge in [0.25, 0.3) is 0 Å². The number of morpholine rings is 1. The van der Waals surface area contributed by atoms with Gasteiger partial charge < -0.3 is 15.4 Å². The second kappa shape index (κ2) is 10.2. The number of ether oxygens (including phenoxy) is 1. The highest BCUT2D eigenvalue weighted by Crippen LogP contribution is 2.23. The first-order chi connectivity index (χ1) is 13.5. The standard InChI is InChI=1S/C19H26ClFN4O3/c20-15-2-1-3-16(21)14(15)13-25-7-5-23-19(27)17(25)12-18(26)22-4-6-24-8-10-28-11-9-24/h1-3,17H,4-13H2,(H,22,26)(H,23,27). The average Bonchev–Trinajstić information content (AvgIpc) is 2.68. The summed E-state index contributed by atoms with van der Waals surface area (Å²) in [6.07, 6.45) is 0.0288. The van der Waals surface area contributed by atoms with Gasteiger partial charge in [-0.05, 0) is 12.1 Å². The first-order valence-electron chi connectivity index (χ1n) is 9.56. The quantitative estimate of drug-likeness (QED) is 0.686. The lowest BCUT2D eigenvalue weighted by atomic mass is 10.1. The van der Waals surface area contributed by atoms with E-state index in [1.807, 2.05) is 4.90 Å². The summed E-state index contributed by atoms with van der Waals surface area (Å²) in [6.45, 7) is 5.59. The highest BCUT2D eigenvalue weighted by molar-refractivity contribution is 6.31.